The molecule has 2 atom stereocenters. The number of amides is 1. The van der Waals surface area contributed by atoms with Crippen molar-refractivity contribution in [2.24, 2.45) is 5.92 Å². The predicted molar refractivity (Wildman–Crippen MR) is 78.1 cm³/mol. The fourth-order valence-electron chi connectivity index (χ4n) is 2.65. The molecule has 19 heavy (non-hydrogen) atoms. The third kappa shape index (κ3) is 3.95. The fourth-order valence-corrected chi connectivity index (χ4v) is 2.87. The number of halogens is 1. The Labute approximate surface area is 119 Å². The van der Waals surface area contributed by atoms with E-state index in [0.717, 1.165) is 24.9 Å². The smallest absolute Gasteiger partial charge is 0.225 e. The Morgan fingerprint density at radius 1 is 1.53 bits per heavy atom. The Kier molecular flexibility index (Phi) is 4.83. The normalized spacial score (nSPS) is 23.1. The van der Waals surface area contributed by atoms with Gasteiger partial charge in [-0.3, -0.25) is 4.79 Å². The second-order valence-corrected chi connectivity index (χ2v) is 5.84. The lowest BCUT2D eigenvalue weighted by atomic mass is 9.92. The lowest BCUT2D eigenvalue weighted by Gasteiger charge is -2.30. The first-order valence-electron chi connectivity index (χ1n) is 6.79. The molecule has 1 aliphatic heterocycles. The second-order valence-electron chi connectivity index (χ2n) is 5.40. The monoisotopic (exact) mass is 280 g/mol. The molecule has 1 aromatic carbocycles. The highest BCUT2D eigenvalue weighted by molar-refractivity contribution is 6.30. The van der Waals surface area contributed by atoms with Gasteiger partial charge in [-0.25, -0.2) is 0 Å². The standard InChI is InChI=1S/C15H21ClN2O/c1-11-8-13(6-7-17-11)15(19)18(2)10-12-4-3-5-14(16)9-12/h3-5,9,11,13,17H,6-8,10H2,1-2H3/t11-,13-/m0/s1. The highest BCUT2D eigenvalue weighted by Crippen LogP contribution is 2.20. The van der Waals surface area contributed by atoms with Crippen LogP contribution in [0, 0.1) is 5.92 Å². The van der Waals surface area contributed by atoms with E-state index in [0.29, 0.717) is 17.6 Å². The van der Waals surface area contributed by atoms with Crippen LogP contribution in [-0.2, 0) is 11.3 Å². The number of carbonyl (C=O) groups is 1. The van der Waals surface area contributed by atoms with Gasteiger partial charge in [0.25, 0.3) is 0 Å². The van der Waals surface area contributed by atoms with E-state index in [9.17, 15) is 4.79 Å². The van der Waals surface area contributed by atoms with Gasteiger partial charge in [-0.2, -0.15) is 0 Å². The van der Waals surface area contributed by atoms with E-state index in [1.807, 2.05) is 36.2 Å². The average Bonchev–Trinajstić information content (AvgIpc) is 2.38. The van der Waals surface area contributed by atoms with Gasteiger partial charge in [0.15, 0.2) is 0 Å². The van der Waals surface area contributed by atoms with E-state index < -0.39 is 0 Å². The molecule has 1 aromatic rings. The van der Waals surface area contributed by atoms with Gasteiger partial charge in [0, 0.05) is 30.6 Å². The summed E-state index contributed by atoms with van der Waals surface area (Å²) in [6, 6.07) is 8.11. The van der Waals surface area contributed by atoms with E-state index in [1.165, 1.54) is 0 Å². The van der Waals surface area contributed by atoms with Gasteiger partial charge in [0.2, 0.25) is 5.91 Å². The van der Waals surface area contributed by atoms with Crippen LogP contribution in [0.25, 0.3) is 0 Å². The van der Waals surface area contributed by atoms with Crippen molar-refractivity contribution in [1.82, 2.24) is 10.2 Å². The molecule has 0 bridgehead atoms. The van der Waals surface area contributed by atoms with Crippen LogP contribution in [0.2, 0.25) is 5.02 Å². The summed E-state index contributed by atoms with van der Waals surface area (Å²) in [5.74, 6) is 0.397. The summed E-state index contributed by atoms with van der Waals surface area (Å²) >= 11 is 5.96. The van der Waals surface area contributed by atoms with Crippen molar-refractivity contribution in [1.29, 1.82) is 0 Å². The van der Waals surface area contributed by atoms with E-state index >= 15 is 0 Å². The minimum Gasteiger partial charge on any atom is -0.341 e. The van der Waals surface area contributed by atoms with Crippen LogP contribution >= 0.6 is 11.6 Å². The SMILES string of the molecule is C[C@H]1C[C@@H](C(=O)N(C)Cc2cccc(Cl)c2)CCN1. The average molecular weight is 281 g/mol. The molecule has 2 rings (SSSR count). The number of benzene rings is 1. The van der Waals surface area contributed by atoms with Crippen LogP contribution in [0.1, 0.15) is 25.3 Å². The minimum absolute atomic E-state index is 0.153. The third-order valence-electron chi connectivity index (χ3n) is 3.66. The second kappa shape index (κ2) is 6.40. The first-order valence-corrected chi connectivity index (χ1v) is 7.17. The molecule has 1 heterocycles. The summed E-state index contributed by atoms with van der Waals surface area (Å²) in [6.45, 7) is 3.69. The quantitative estimate of drug-likeness (QED) is 0.923. The van der Waals surface area contributed by atoms with Gasteiger partial charge in [0.05, 0.1) is 0 Å². The molecule has 1 N–H and O–H groups in total. The third-order valence-corrected chi connectivity index (χ3v) is 3.89. The molecule has 1 saturated heterocycles. The summed E-state index contributed by atoms with van der Waals surface area (Å²) in [4.78, 5) is 14.2. The molecular weight excluding hydrogens is 260 g/mol. The maximum atomic E-state index is 12.4. The minimum atomic E-state index is 0.153. The van der Waals surface area contributed by atoms with Crippen molar-refractivity contribution < 1.29 is 4.79 Å². The number of hydrogen-bond donors (Lipinski definition) is 1. The lowest BCUT2D eigenvalue weighted by Crippen LogP contribution is -2.42. The maximum Gasteiger partial charge on any atom is 0.225 e. The number of hydrogen-bond acceptors (Lipinski definition) is 2. The summed E-state index contributed by atoms with van der Waals surface area (Å²) in [6.07, 6.45) is 1.86. The molecule has 0 spiro atoms. The van der Waals surface area contributed by atoms with Gasteiger partial charge < -0.3 is 10.2 Å². The van der Waals surface area contributed by atoms with Crippen LogP contribution in [0.15, 0.2) is 24.3 Å². The van der Waals surface area contributed by atoms with Crippen molar-refractivity contribution in [3.05, 3.63) is 34.9 Å². The van der Waals surface area contributed by atoms with Gasteiger partial charge in [-0.15, -0.1) is 0 Å². The Balaban J connectivity index is 1.95. The highest BCUT2D eigenvalue weighted by Gasteiger charge is 2.26. The highest BCUT2D eigenvalue weighted by atomic mass is 35.5. The summed E-state index contributed by atoms with van der Waals surface area (Å²) in [5, 5.41) is 4.09. The Hall–Kier alpha value is -1.06. The van der Waals surface area contributed by atoms with E-state index in [-0.39, 0.29) is 11.8 Å². The molecule has 0 unspecified atom stereocenters. The van der Waals surface area contributed by atoms with Crippen molar-refractivity contribution >= 4 is 17.5 Å². The van der Waals surface area contributed by atoms with Crippen LogP contribution in [0.3, 0.4) is 0 Å². The molecule has 0 aliphatic carbocycles. The van der Waals surface area contributed by atoms with Crippen LogP contribution in [-0.4, -0.2) is 30.4 Å². The number of nitrogens with one attached hydrogen (secondary N) is 1. The van der Waals surface area contributed by atoms with Gasteiger partial charge in [-0.05, 0) is 44.0 Å². The zero-order valence-corrected chi connectivity index (χ0v) is 12.3. The summed E-state index contributed by atoms with van der Waals surface area (Å²) in [7, 11) is 1.87. The molecule has 1 aliphatic rings. The van der Waals surface area contributed by atoms with Crippen molar-refractivity contribution in [2.45, 2.75) is 32.4 Å². The number of nitrogens with zero attached hydrogens (tertiary/aromatic N) is 1. The number of piperidine rings is 1. The molecule has 0 aromatic heterocycles. The van der Waals surface area contributed by atoms with Crippen molar-refractivity contribution in [3.8, 4) is 0 Å². The molecule has 3 nitrogen and oxygen atoms in total. The molecule has 0 radical (unpaired) electrons. The van der Waals surface area contributed by atoms with Gasteiger partial charge >= 0.3 is 0 Å². The first-order chi connectivity index (χ1) is 9.06. The number of carbonyl (C=O) groups excluding carboxylic acids is 1. The van der Waals surface area contributed by atoms with Crippen LogP contribution < -0.4 is 5.32 Å². The van der Waals surface area contributed by atoms with Gasteiger partial charge in [0.1, 0.15) is 0 Å². The predicted octanol–water partition coefficient (Wildman–Crippen LogP) is 2.69. The molecule has 104 valence electrons. The summed E-state index contributed by atoms with van der Waals surface area (Å²) in [5.41, 5.74) is 1.07. The van der Waals surface area contributed by atoms with Crippen LogP contribution in [0.5, 0.6) is 0 Å². The Morgan fingerprint density at radius 3 is 3.00 bits per heavy atom. The fraction of sp³-hybridized carbons (Fsp3) is 0.533. The first kappa shape index (κ1) is 14.4. The zero-order valence-electron chi connectivity index (χ0n) is 11.5. The molecule has 1 fully saturated rings. The van der Waals surface area contributed by atoms with Crippen LogP contribution in [0.4, 0.5) is 0 Å². The van der Waals surface area contributed by atoms with E-state index in [2.05, 4.69) is 12.2 Å². The van der Waals surface area contributed by atoms with Gasteiger partial charge in [-0.1, -0.05) is 23.7 Å². The number of rotatable bonds is 3. The topological polar surface area (TPSA) is 32.3 Å². The van der Waals surface area contributed by atoms with Crippen molar-refractivity contribution in [3.63, 3.8) is 0 Å². The largest absolute Gasteiger partial charge is 0.341 e. The zero-order chi connectivity index (χ0) is 13.8. The lowest BCUT2D eigenvalue weighted by molar-refractivity contribution is -0.135. The summed E-state index contributed by atoms with van der Waals surface area (Å²) < 4.78 is 0. The molecule has 0 saturated carbocycles. The molecule has 1 amide bonds. The molecule has 4 heteroatoms. The van der Waals surface area contributed by atoms with Crippen molar-refractivity contribution in [2.75, 3.05) is 13.6 Å². The van der Waals surface area contributed by atoms with E-state index in [1.54, 1.807) is 0 Å². The van der Waals surface area contributed by atoms with E-state index in [4.69, 9.17) is 11.6 Å². The molecular formula is C15H21ClN2O. The maximum absolute atomic E-state index is 12.4. The Morgan fingerprint density at radius 2 is 2.32 bits per heavy atom. The Bertz CT molecular complexity index is 450.